The van der Waals surface area contributed by atoms with Crippen molar-refractivity contribution >= 4 is 0 Å². The van der Waals surface area contributed by atoms with Crippen LogP contribution in [-0.4, -0.2) is 31.1 Å². The maximum atomic E-state index is 3.51. The Labute approximate surface area is 130 Å². The Hall–Kier alpha value is -0.860. The molecule has 0 radical (unpaired) electrons. The summed E-state index contributed by atoms with van der Waals surface area (Å²) >= 11 is 0. The maximum absolute atomic E-state index is 3.51. The van der Waals surface area contributed by atoms with Crippen molar-refractivity contribution in [1.29, 1.82) is 0 Å². The lowest BCUT2D eigenvalue weighted by atomic mass is 9.98. The number of benzene rings is 1. The van der Waals surface area contributed by atoms with E-state index in [0.29, 0.717) is 12.0 Å². The molecule has 1 fully saturated rings. The topological polar surface area (TPSA) is 15.3 Å². The molecule has 0 aromatic heterocycles. The van der Waals surface area contributed by atoms with Gasteiger partial charge in [-0.2, -0.15) is 0 Å². The van der Waals surface area contributed by atoms with Crippen molar-refractivity contribution in [3.05, 3.63) is 35.4 Å². The molecule has 1 N–H and O–H groups in total. The van der Waals surface area contributed by atoms with Crippen LogP contribution in [0.4, 0.5) is 0 Å². The highest BCUT2D eigenvalue weighted by molar-refractivity contribution is 5.27. The second-order valence-electron chi connectivity index (χ2n) is 7.11. The van der Waals surface area contributed by atoms with Gasteiger partial charge in [-0.3, -0.25) is 4.90 Å². The second kappa shape index (κ2) is 7.42. The molecular weight excluding hydrogens is 256 g/mol. The summed E-state index contributed by atoms with van der Waals surface area (Å²) in [5.41, 5.74) is 2.84. The van der Waals surface area contributed by atoms with Gasteiger partial charge in [0.25, 0.3) is 0 Å². The Kier molecular flexibility index (Phi) is 5.83. The van der Waals surface area contributed by atoms with Gasteiger partial charge in [0, 0.05) is 18.6 Å². The van der Waals surface area contributed by atoms with E-state index in [1.165, 1.54) is 30.5 Å². The van der Waals surface area contributed by atoms with Crippen LogP contribution in [0.5, 0.6) is 0 Å². The highest BCUT2D eigenvalue weighted by Gasteiger charge is 2.28. The fourth-order valence-corrected chi connectivity index (χ4v) is 3.54. The van der Waals surface area contributed by atoms with E-state index in [0.717, 1.165) is 18.5 Å². The zero-order valence-electron chi connectivity index (χ0n) is 14.4. The molecule has 21 heavy (non-hydrogen) atoms. The fraction of sp³-hybridized carbons (Fsp3) is 0.684. The molecule has 2 nitrogen and oxygen atoms in total. The van der Waals surface area contributed by atoms with Gasteiger partial charge in [0.15, 0.2) is 0 Å². The van der Waals surface area contributed by atoms with Crippen LogP contribution in [0.1, 0.15) is 63.6 Å². The summed E-state index contributed by atoms with van der Waals surface area (Å²) in [6.07, 6.45) is 2.71. The lowest BCUT2D eigenvalue weighted by Crippen LogP contribution is -2.39. The van der Waals surface area contributed by atoms with E-state index in [1.54, 1.807) is 0 Å². The molecule has 2 unspecified atom stereocenters. The number of likely N-dealkylation sites (N-methyl/N-ethyl adjacent to an activating group) is 1. The first-order chi connectivity index (χ1) is 10.0. The van der Waals surface area contributed by atoms with Crippen LogP contribution in [0.25, 0.3) is 0 Å². The number of hydrogen-bond acceptors (Lipinski definition) is 2. The summed E-state index contributed by atoms with van der Waals surface area (Å²) in [4.78, 5) is 2.68. The Bertz CT molecular complexity index is 422. The monoisotopic (exact) mass is 288 g/mol. The molecule has 2 rings (SSSR count). The van der Waals surface area contributed by atoms with Gasteiger partial charge in [0.1, 0.15) is 0 Å². The smallest absolute Gasteiger partial charge is 0.0446 e. The summed E-state index contributed by atoms with van der Waals surface area (Å²) in [6.45, 7) is 11.6. The molecule has 1 saturated heterocycles. The van der Waals surface area contributed by atoms with Crippen LogP contribution < -0.4 is 5.32 Å². The first kappa shape index (κ1) is 16.5. The first-order valence-electron chi connectivity index (χ1n) is 8.54. The number of likely N-dealkylation sites (tertiary alicyclic amines) is 1. The Balaban J connectivity index is 2.05. The molecule has 1 heterocycles. The summed E-state index contributed by atoms with van der Waals surface area (Å²) in [7, 11) is 2.08. The van der Waals surface area contributed by atoms with E-state index in [1.807, 2.05) is 0 Å². The van der Waals surface area contributed by atoms with Crippen LogP contribution in [0.3, 0.4) is 0 Å². The minimum absolute atomic E-state index is 0.436. The third-order valence-electron chi connectivity index (χ3n) is 4.95. The van der Waals surface area contributed by atoms with Crippen molar-refractivity contribution in [1.82, 2.24) is 10.2 Å². The summed E-state index contributed by atoms with van der Waals surface area (Å²) in [5, 5.41) is 3.51. The molecule has 118 valence electrons. The van der Waals surface area contributed by atoms with Crippen molar-refractivity contribution in [2.24, 2.45) is 5.92 Å². The number of nitrogens with one attached hydrogen (secondary N) is 1. The lowest BCUT2D eigenvalue weighted by molar-refractivity contribution is 0.188. The van der Waals surface area contributed by atoms with Crippen LogP contribution >= 0.6 is 0 Å². The average molecular weight is 288 g/mol. The van der Waals surface area contributed by atoms with Crippen molar-refractivity contribution in [3.63, 3.8) is 0 Å². The van der Waals surface area contributed by atoms with Gasteiger partial charge in [-0.05, 0) is 49.4 Å². The maximum Gasteiger partial charge on any atom is 0.0446 e. The van der Waals surface area contributed by atoms with Crippen molar-refractivity contribution in [3.8, 4) is 0 Å². The van der Waals surface area contributed by atoms with Crippen molar-refractivity contribution in [2.75, 3.05) is 20.1 Å². The molecule has 2 atom stereocenters. The SMILES string of the molecule is CNC(CN1CCCC1C(C)C)c1ccc(C(C)C)cc1. The van der Waals surface area contributed by atoms with E-state index in [4.69, 9.17) is 0 Å². The largest absolute Gasteiger partial charge is 0.312 e. The molecule has 0 saturated carbocycles. The van der Waals surface area contributed by atoms with Gasteiger partial charge in [0.2, 0.25) is 0 Å². The van der Waals surface area contributed by atoms with E-state index >= 15 is 0 Å². The van der Waals surface area contributed by atoms with Crippen molar-refractivity contribution < 1.29 is 0 Å². The molecule has 1 aromatic rings. The molecule has 0 spiro atoms. The van der Waals surface area contributed by atoms with E-state index < -0.39 is 0 Å². The fourth-order valence-electron chi connectivity index (χ4n) is 3.54. The highest BCUT2D eigenvalue weighted by atomic mass is 15.2. The predicted octanol–water partition coefficient (Wildman–Crippen LogP) is 4.19. The molecule has 0 aliphatic carbocycles. The van der Waals surface area contributed by atoms with E-state index in [9.17, 15) is 0 Å². The molecule has 1 aliphatic rings. The van der Waals surface area contributed by atoms with Gasteiger partial charge in [-0.15, -0.1) is 0 Å². The average Bonchev–Trinajstić information content (AvgIpc) is 2.93. The highest BCUT2D eigenvalue weighted by Crippen LogP contribution is 2.27. The molecule has 1 aliphatic heterocycles. The zero-order valence-corrected chi connectivity index (χ0v) is 14.4. The Morgan fingerprint density at radius 1 is 1.10 bits per heavy atom. The van der Waals surface area contributed by atoms with Gasteiger partial charge >= 0.3 is 0 Å². The van der Waals surface area contributed by atoms with Gasteiger partial charge in [0.05, 0.1) is 0 Å². The number of rotatable bonds is 6. The van der Waals surface area contributed by atoms with Gasteiger partial charge in [-0.1, -0.05) is 52.0 Å². The van der Waals surface area contributed by atoms with Crippen LogP contribution in [0, 0.1) is 5.92 Å². The van der Waals surface area contributed by atoms with Crippen LogP contribution in [0.2, 0.25) is 0 Å². The summed E-state index contributed by atoms with van der Waals surface area (Å²) in [6, 6.07) is 10.4. The van der Waals surface area contributed by atoms with Crippen LogP contribution in [0.15, 0.2) is 24.3 Å². The molecule has 0 bridgehead atoms. The second-order valence-corrected chi connectivity index (χ2v) is 7.11. The Morgan fingerprint density at radius 2 is 1.71 bits per heavy atom. The molecular formula is C19H32N2. The van der Waals surface area contributed by atoms with Crippen LogP contribution in [-0.2, 0) is 0 Å². The normalized spacial score (nSPS) is 21.4. The minimum atomic E-state index is 0.436. The molecule has 0 amide bonds. The van der Waals surface area contributed by atoms with Gasteiger partial charge < -0.3 is 5.32 Å². The summed E-state index contributed by atoms with van der Waals surface area (Å²) in [5.74, 6) is 1.37. The third kappa shape index (κ3) is 4.08. The third-order valence-corrected chi connectivity index (χ3v) is 4.95. The standard InChI is InChI=1S/C19H32N2/c1-14(2)16-8-10-17(11-9-16)18(20-5)13-21-12-6-7-19(21)15(3)4/h8-11,14-15,18-20H,6-7,12-13H2,1-5H3. The van der Waals surface area contributed by atoms with Crippen molar-refractivity contribution in [2.45, 2.75) is 58.5 Å². The quantitative estimate of drug-likeness (QED) is 0.844. The number of hydrogen-bond donors (Lipinski definition) is 1. The predicted molar refractivity (Wildman–Crippen MR) is 91.8 cm³/mol. The van der Waals surface area contributed by atoms with E-state index in [2.05, 4.69) is 69.2 Å². The number of nitrogens with zero attached hydrogens (tertiary/aromatic N) is 1. The van der Waals surface area contributed by atoms with E-state index in [-0.39, 0.29) is 0 Å². The first-order valence-corrected chi connectivity index (χ1v) is 8.54. The molecule has 2 heteroatoms. The minimum Gasteiger partial charge on any atom is -0.312 e. The Morgan fingerprint density at radius 3 is 2.24 bits per heavy atom. The summed E-state index contributed by atoms with van der Waals surface area (Å²) < 4.78 is 0. The zero-order chi connectivity index (χ0) is 15.4. The lowest BCUT2D eigenvalue weighted by Gasteiger charge is -2.31. The molecule has 1 aromatic carbocycles. The van der Waals surface area contributed by atoms with Gasteiger partial charge in [-0.25, -0.2) is 0 Å².